The lowest BCUT2D eigenvalue weighted by Crippen LogP contribution is -2.46. The summed E-state index contributed by atoms with van der Waals surface area (Å²) in [5.74, 6) is 1.51. The van der Waals surface area contributed by atoms with Crippen LogP contribution in [0.2, 0.25) is 0 Å². The molecule has 1 aliphatic rings. The van der Waals surface area contributed by atoms with Gasteiger partial charge in [0.05, 0.1) is 11.8 Å². The molecule has 1 atom stereocenters. The van der Waals surface area contributed by atoms with Crippen LogP contribution in [0.15, 0.2) is 12.4 Å². The van der Waals surface area contributed by atoms with Crippen molar-refractivity contribution in [1.82, 2.24) is 25.0 Å². The number of aryl methyl sites for hydroxylation is 1. The van der Waals surface area contributed by atoms with Gasteiger partial charge in [0.15, 0.2) is 5.82 Å². The van der Waals surface area contributed by atoms with Gasteiger partial charge < -0.3 is 10.6 Å². The first kappa shape index (κ1) is 13.1. The fraction of sp³-hybridized carbons (Fsp3) is 0.615. The van der Waals surface area contributed by atoms with Gasteiger partial charge in [-0.1, -0.05) is 6.92 Å². The van der Waals surface area contributed by atoms with Crippen LogP contribution in [0.25, 0.3) is 11.4 Å². The topological polar surface area (TPSA) is 88.6 Å². The third kappa shape index (κ3) is 2.40. The van der Waals surface area contributed by atoms with Crippen molar-refractivity contribution in [3.8, 4) is 11.4 Å². The summed E-state index contributed by atoms with van der Waals surface area (Å²) >= 11 is 0. The Morgan fingerprint density at radius 1 is 1.50 bits per heavy atom. The Labute approximate surface area is 118 Å². The molecule has 0 radical (unpaired) electrons. The first-order valence-corrected chi connectivity index (χ1v) is 6.96. The van der Waals surface area contributed by atoms with Gasteiger partial charge in [-0.15, -0.1) is 5.10 Å². The molecule has 0 aromatic carbocycles. The van der Waals surface area contributed by atoms with Crippen molar-refractivity contribution in [2.45, 2.75) is 19.8 Å². The molecule has 20 heavy (non-hydrogen) atoms. The molecule has 3 N–H and O–H groups in total. The largest absolute Gasteiger partial charge is 0.339 e. The number of rotatable bonds is 3. The zero-order chi connectivity index (χ0) is 14.2. The van der Waals surface area contributed by atoms with E-state index in [-0.39, 0.29) is 5.41 Å². The van der Waals surface area contributed by atoms with Crippen molar-refractivity contribution in [2.24, 2.45) is 18.2 Å². The zero-order valence-corrected chi connectivity index (χ0v) is 12.0. The van der Waals surface area contributed by atoms with Gasteiger partial charge in [0.2, 0.25) is 5.95 Å². The van der Waals surface area contributed by atoms with E-state index in [0.29, 0.717) is 6.54 Å². The van der Waals surface area contributed by atoms with Gasteiger partial charge in [-0.25, -0.2) is 0 Å². The van der Waals surface area contributed by atoms with E-state index in [2.05, 4.69) is 32.1 Å². The van der Waals surface area contributed by atoms with Gasteiger partial charge in [-0.3, -0.25) is 9.78 Å². The summed E-state index contributed by atoms with van der Waals surface area (Å²) in [4.78, 5) is 6.80. The highest BCUT2D eigenvalue weighted by Crippen LogP contribution is 2.30. The standard InChI is InChI=1S/C13H21N7/c1-13(8-14)4-3-5-20(9-13)12-16-11(17-18-12)10-6-15-19(2)7-10/h6-7H,3-5,8-9,14H2,1-2H3,(H,16,17,18). The summed E-state index contributed by atoms with van der Waals surface area (Å²) < 4.78 is 1.75. The number of anilines is 1. The molecule has 7 nitrogen and oxygen atoms in total. The van der Waals surface area contributed by atoms with Crippen molar-refractivity contribution in [3.63, 3.8) is 0 Å². The van der Waals surface area contributed by atoms with Gasteiger partial charge in [-0.2, -0.15) is 10.1 Å². The monoisotopic (exact) mass is 275 g/mol. The van der Waals surface area contributed by atoms with E-state index in [1.54, 1.807) is 10.9 Å². The fourth-order valence-electron chi connectivity index (χ4n) is 2.72. The summed E-state index contributed by atoms with van der Waals surface area (Å²) in [6.45, 7) is 4.82. The second-order valence-electron chi connectivity index (χ2n) is 5.93. The Hall–Kier alpha value is -1.89. The van der Waals surface area contributed by atoms with Gasteiger partial charge in [0, 0.05) is 26.3 Å². The van der Waals surface area contributed by atoms with Crippen LogP contribution in [0, 0.1) is 5.41 Å². The van der Waals surface area contributed by atoms with E-state index in [9.17, 15) is 0 Å². The van der Waals surface area contributed by atoms with Gasteiger partial charge in [0.25, 0.3) is 0 Å². The molecule has 3 heterocycles. The quantitative estimate of drug-likeness (QED) is 0.863. The molecule has 0 amide bonds. The van der Waals surface area contributed by atoms with Crippen molar-refractivity contribution in [3.05, 3.63) is 12.4 Å². The minimum absolute atomic E-state index is 0.160. The summed E-state index contributed by atoms with van der Waals surface area (Å²) in [7, 11) is 1.89. The SMILES string of the molecule is Cn1cc(-c2nc(N3CCCC(C)(CN)C3)n[nH]2)cn1. The van der Waals surface area contributed by atoms with Crippen LogP contribution in [-0.2, 0) is 7.05 Å². The number of aromatic nitrogens is 5. The van der Waals surface area contributed by atoms with E-state index in [1.807, 2.05) is 13.2 Å². The van der Waals surface area contributed by atoms with Crippen LogP contribution in [-0.4, -0.2) is 44.6 Å². The number of H-pyrrole nitrogens is 1. The second-order valence-corrected chi connectivity index (χ2v) is 5.93. The molecule has 0 spiro atoms. The molecule has 2 aromatic rings. The van der Waals surface area contributed by atoms with Crippen molar-refractivity contribution in [1.29, 1.82) is 0 Å². The molecule has 1 saturated heterocycles. The lowest BCUT2D eigenvalue weighted by Gasteiger charge is -2.39. The number of hydrogen-bond acceptors (Lipinski definition) is 5. The van der Waals surface area contributed by atoms with Crippen LogP contribution in [0.3, 0.4) is 0 Å². The zero-order valence-electron chi connectivity index (χ0n) is 12.0. The summed E-state index contributed by atoms with van der Waals surface area (Å²) in [5.41, 5.74) is 7.00. The third-order valence-electron chi connectivity index (χ3n) is 4.01. The molecular formula is C13H21N7. The van der Waals surface area contributed by atoms with E-state index in [0.717, 1.165) is 36.8 Å². The molecular weight excluding hydrogens is 254 g/mol. The smallest absolute Gasteiger partial charge is 0.245 e. The van der Waals surface area contributed by atoms with Crippen molar-refractivity contribution >= 4 is 5.95 Å². The number of nitrogens with one attached hydrogen (secondary N) is 1. The van der Waals surface area contributed by atoms with E-state index in [1.165, 1.54) is 6.42 Å². The van der Waals surface area contributed by atoms with E-state index in [4.69, 9.17) is 5.73 Å². The van der Waals surface area contributed by atoms with Crippen LogP contribution in [0.1, 0.15) is 19.8 Å². The molecule has 1 aliphatic heterocycles. The number of nitrogens with two attached hydrogens (primary N) is 1. The minimum atomic E-state index is 0.160. The average Bonchev–Trinajstić information content (AvgIpc) is 3.07. The number of hydrogen-bond donors (Lipinski definition) is 2. The third-order valence-corrected chi connectivity index (χ3v) is 4.01. The Kier molecular flexibility index (Phi) is 3.21. The highest BCUT2D eigenvalue weighted by atomic mass is 15.4. The molecule has 0 aliphatic carbocycles. The van der Waals surface area contributed by atoms with Gasteiger partial charge in [0.1, 0.15) is 0 Å². The molecule has 3 rings (SSSR count). The molecule has 0 bridgehead atoms. The Balaban J connectivity index is 1.80. The number of aromatic amines is 1. The molecule has 0 saturated carbocycles. The predicted molar refractivity (Wildman–Crippen MR) is 77.2 cm³/mol. The minimum Gasteiger partial charge on any atom is -0.339 e. The normalized spacial score (nSPS) is 23.2. The fourth-order valence-corrected chi connectivity index (χ4v) is 2.72. The van der Waals surface area contributed by atoms with E-state index < -0.39 is 0 Å². The van der Waals surface area contributed by atoms with Gasteiger partial charge in [-0.05, 0) is 24.8 Å². The predicted octanol–water partition coefficient (Wildman–Crippen LogP) is 0.770. The maximum Gasteiger partial charge on any atom is 0.245 e. The molecule has 1 unspecified atom stereocenters. The highest BCUT2D eigenvalue weighted by Gasteiger charge is 2.31. The first-order valence-electron chi connectivity index (χ1n) is 6.96. The van der Waals surface area contributed by atoms with E-state index >= 15 is 0 Å². The molecule has 2 aromatic heterocycles. The summed E-state index contributed by atoms with van der Waals surface area (Å²) in [5, 5.41) is 11.5. The van der Waals surface area contributed by atoms with Crippen LogP contribution >= 0.6 is 0 Å². The Bertz CT molecular complexity index is 587. The average molecular weight is 275 g/mol. The lowest BCUT2D eigenvalue weighted by molar-refractivity contribution is 0.270. The second kappa shape index (κ2) is 4.90. The van der Waals surface area contributed by atoms with Crippen LogP contribution < -0.4 is 10.6 Å². The Morgan fingerprint density at radius 2 is 2.35 bits per heavy atom. The highest BCUT2D eigenvalue weighted by molar-refractivity contribution is 5.54. The maximum absolute atomic E-state index is 5.89. The number of nitrogens with zero attached hydrogens (tertiary/aromatic N) is 5. The number of piperidine rings is 1. The van der Waals surface area contributed by atoms with Crippen molar-refractivity contribution in [2.75, 3.05) is 24.5 Å². The summed E-state index contributed by atoms with van der Waals surface area (Å²) in [6.07, 6.45) is 6.00. The van der Waals surface area contributed by atoms with Crippen LogP contribution in [0.4, 0.5) is 5.95 Å². The maximum atomic E-state index is 5.89. The van der Waals surface area contributed by atoms with Crippen LogP contribution in [0.5, 0.6) is 0 Å². The molecule has 1 fully saturated rings. The van der Waals surface area contributed by atoms with Gasteiger partial charge >= 0.3 is 0 Å². The lowest BCUT2D eigenvalue weighted by atomic mass is 9.82. The van der Waals surface area contributed by atoms with Crippen molar-refractivity contribution < 1.29 is 0 Å². The first-order chi connectivity index (χ1) is 9.59. The molecule has 7 heteroatoms. The summed E-state index contributed by atoms with van der Waals surface area (Å²) in [6, 6.07) is 0. The molecule has 108 valence electrons. The Morgan fingerprint density at radius 3 is 3.05 bits per heavy atom.